The molecule has 0 rings (SSSR count). The third kappa shape index (κ3) is 73.0. The van der Waals surface area contributed by atoms with Gasteiger partial charge in [0.25, 0.3) is 0 Å². The monoisotopic (exact) mass is 1470 g/mol. The fourth-order valence-corrected chi connectivity index (χ4v) is 11.2. The van der Waals surface area contributed by atoms with E-state index in [0.29, 0.717) is 32.1 Å². The summed E-state index contributed by atoms with van der Waals surface area (Å²) >= 11 is 0. The molecular formula is C83H136O17P2. The molecule has 0 amide bonds. The van der Waals surface area contributed by atoms with Crippen LogP contribution in [0, 0.1) is 0 Å². The van der Waals surface area contributed by atoms with Crippen LogP contribution in [0.3, 0.4) is 0 Å². The van der Waals surface area contributed by atoms with E-state index < -0.39 is 97.5 Å². The molecule has 0 fully saturated rings. The summed E-state index contributed by atoms with van der Waals surface area (Å²) in [6, 6.07) is 0. The molecule has 0 aliphatic rings. The number of hydrogen-bond acceptors (Lipinski definition) is 15. The van der Waals surface area contributed by atoms with Gasteiger partial charge in [-0.3, -0.25) is 37.3 Å². The fraction of sp³-hybridized carbons (Fsp3) is 0.639. The molecule has 0 aromatic heterocycles. The SMILES string of the molecule is CC/C=C\C/C=C\C/C=C\C/C=C\CCCCCCC(=O)OCC(COP(=O)(O)OCC(O)COP(=O)(O)OCC(COC(=O)CCCC/C=C\C/C=C\C/C=C\C/C=C\CC)OC(=O)CCCC/C=C\C/C=C\C/C=C\C/C=C\CC)OC(=O)CCCCCCC/C=C\CCCCCCCC. The number of carbonyl (C=O) groups excluding carboxylic acids is 4. The molecule has 102 heavy (non-hydrogen) atoms. The van der Waals surface area contributed by atoms with Gasteiger partial charge in [0.05, 0.1) is 26.4 Å². The van der Waals surface area contributed by atoms with Crippen LogP contribution in [0.4, 0.5) is 0 Å². The van der Waals surface area contributed by atoms with Crippen LogP contribution in [-0.4, -0.2) is 96.7 Å². The Morgan fingerprint density at radius 1 is 0.284 bits per heavy atom. The zero-order chi connectivity index (χ0) is 74.6. The van der Waals surface area contributed by atoms with Gasteiger partial charge in [0, 0.05) is 25.7 Å². The van der Waals surface area contributed by atoms with Gasteiger partial charge in [-0.2, -0.15) is 0 Å². The Morgan fingerprint density at radius 3 is 0.814 bits per heavy atom. The number of ether oxygens (including phenoxy) is 4. The molecule has 0 aromatic rings. The van der Waals surface area contributed by atoms with Gasteiger partial charge in [0.2, 0.25) is 0 Å². The van der Waals surface area contributed by atoms with Crippen LogP contribution < -0.4 is 0 Å². The molecule has 0 bridgehead atoms. The average molecular weight is 1470 g/mol. The maximum absolute atomic E-state index is 13.1. The highest BCUT2D eigenvalue weighted by Crippen LogP contribution is 2.45. The minimum Gasteiger partial charge on any atom is -0.462 e. The lowest BCUT2D eigenvalue weighted by Gasteiger charge is -2.21. The van der Waals surface area contributed by atoms with Gasteiger partial charge >= 0.3 is 39.5 Å². The van der Waals surface area contributed by atoms with Crippen LogP contribution in [-0.2, 0) is 65.4 Å². The highest BCUT2D eigenvalue weighted by molar-refractivity contribution is 7.47. The lowest BCUT2D eigenvalue weighted by atomic mass is 10.1. The Labute approximate surface area is 617 Å². The average Bonchev–Trinajstić information content (AvgIpc) is 0.923. The van der Waals surface area contributed by atoms with Gasteiger partial charge in [-0.15, -0.1) is 0 Å². The van der Waals surface area contributed by atoms with Gasteiger partial charge in [0.15, 0.2) is 12.2 Å². The molecule has 0 spiro atoms. The predicted octanol–water partition coefficient (Wildman–Crippen LogP) is 22.4. The first-order valence-corrected chi connectivity index (χ1v) is 41.7. The molecular weight excluding hydrogens is 1330 g/mol. The van der Waals surface area contributed by atoms with Crippen molar-refractivity contribution in [2.75, 3.05) is 39.6 Å². The van der Waals surface area contributed by atoms with E-state index in [-0.39, 0.29) is 25.7 Å². The summed E-state index contributed by atoms with van der Waals surface area (Å²) in [7, 11) is -10.00. The Balaban J connectivity index is 5.47. The Hall–Kier alpha value is -5.32. The van der Waals surface area contributed by atoms with E-state index in [4.69, 9.17) is 37.0 Å². The van der Waals surface area contributed by atoms with Crippen molar-refractivity contribution in [2.24, 2.45) is 0 Å². The first kappa shape index (κ1) is 96.7. The van der Waals surface area contributed by atoms with E-state index in [2.05, 4.69) is 186 Å². The maximum atomic E-state index is 13.1. The number of allylic oxidation sites excluding steroid dienone is 26. The van der Waals surface area contributed by atoms with Crippen molar-refractivity contribution in [1.29, 1.82) is 0 Å². The largest absolute Gasteiger partial charge is 0.472 e. The predicted molar refractivity (Wildman–Crippen MR) is 417 cm³/mol. The normalized spacial score (nSPS) is 14.8. The molecule has 0 radical (unpaired) electrons. The zero-order valence-electron chi connectivity index (χ0n) is 63.2. The number of phosphoric acid groups is 2. The van der Waals surface area contributed by atoms with E-state index in [1.165, 1.54) is 38.5 Å². The molecule has 0 aromatic carbocycles. The molecule has 580 valence electrons. The number of aliphatic hydroxyl groups is 1. The van der Waals surface area contributed by atoms with Gasteiger partial charge < -0.3 is 33.8 Å². The van der Waals surface area contributed by atoms with Gasteiger partial charge in [0.1, 0.15) is 19.3 Å². The first-order valence-electron chi connectivity index (χ1n) is 38.7. The first-order chi connectivity index (χ1) is 49.7. The minimum atomic E-state index is -5.00. The Kier molecular flexibility index (Phi) is 70.1. The van der Waals surface area contributed by atoms with Crippen LogP contribution in [0.25, 0.3) is 0 Å². The Morgan fingerprint density at radius 2 is 0.510 bits per heavy atom. The highest BCUT2D eigenvalue weighted by Gasteiger charge is 2.30. The number of aliphatic hydroxyl groups excluding tert-OH is 1. The minimum absolute atomic E-state index is 0.0277. The summed E-state index contributed by atoms with van der Waals surface area (Å²) in [5, 5.41) is 10.6. The third-order valence-corrected chi connectivity index (χ3v) is 17.4. The third-order valence-electron chi connectivity index (χ3n) is 15.5. The van der Waals surface area contributed by atoms with Crippen molar-refractivity contribution in [3.05, 3.63) is 158 Å². The van der Waals surface area contributed by atoms with E-state index >= 15 is 0 Å². The second-order valence-electron chi connectivity index (χ2n) is 25.1. The molecule has 0 heterocycles. The number of carbonyl (C=O) groups is 4. The van der Waals surface area contributed by atoms with E-state index in [0.717, 1.165) is 161 Å². The summed E-state index contributed by atoms with van der Waals surface area (Å²) in [5.41, 5.74) is 0. The van der Waals surface area contributed by atoms with Crippen molar-refractivity contribution < 1.29 is 80.2 Å². The molecule has 5 atom stereocenters. The summed E-state index contributed by atoms with van der Waals surface area (Å²) in [5.74, 6) is -2.32. The quantitative estimate of drug-likeness (QED) is 0.0169. The van der Waals surface area contributed by atoms with Crippen LogP contribution >= 0.6 is 15.6 Å². The summed E-state index contributed by atoms with van der Waals surface area (Å²) < 4.78 is 68.4. The molecule has 3 N–H and O–H groups in total. The van der Waals surface area contributed by atoms with E-state index in [1.807, 2.05) is 0 Å². The topological polar surface area (TPSA) is 237 Å². The standard InChI is InChI=1S/C83H136O17P2/c1-5-9-13-17-21-25-29-33-37-38-42-44-48-52-56-60-64-68-81(86)94-74-79(100-83(88)70-66-62-58-54-50-46-41-36-32-28-24-20-16-12-8-4)76-98-102(91,92)96-72-77(84)71-95-101(89,90)97-75-78(99-82(87)69-65-61-57-53-49-45-40-35-31-27-23-19-15-11-7-3)73-93-80(85)67-63-59-55-51-47-43-39-34-30-26-22-18-14-10-6-2/h9-11,13-15,21-23,25-27,33-37,39-42,44,47,49,51,53,77-79,84H,5-8,12,16-20,24,28-32,38,43,45-46,48,50,52,54-76H2,1-4H3,(H,89,90)(H,91,92)/b13-9-,14-10-,15-11-,25-21-,26-22-,27-23-,37-33-,39-34-,40-35-,41-36-,44-42-,51-47-,53-49-. The van der Waals surface area contributed by atoms with Crippen molar-refractivity contribution in [3.63, 3.8) is 0 Å². The zero-order valence-corrected chi connectivity index (χ0v) is 65.0. The van der Waals surface area contributed by atoms with Crippen LogP contribution in [0.5, 0.6) is 0 Å². The van der Waals surface area contributed by atoms with Gasteiger partial charge in [-0.05, 0) is 167 Å². The van der Waals surface area contributed by atoms with Gasteiger partial charge in [-0.1, -0.05) is 250 Å². The van der Waals surface area contributed by atoms with Crippen LogP contribution in [0.15, 0.2) is 158 Å². The molecule has 0 aliphatic carbocycles. The Bertz CT molecular complexity index is 2550. The summed E-state index contributed by atoms with van der Waals surface area (Å²) in [6.45, 7) is 4.38. The van der Waals surface area contributed by atoms with E-state index in [1.54, 1.807) is 0 Å². The lowest BCUT2D eigenvalue weighted by Crippen LogP contribution is -2.30. The summed E-state index contributed by atoms with van der Waals surface area (Å²) in [4.78, 5) is 72.9. The lowest BCUT2D eigenvalue weighted by molar-refractivity contribution is -0.161. The number of rotatable bonds is 71. The summed E-state index contributed by atoms with van der Waals surface area (Å²) in [6.07, 6.45) is 85.2. The number of unbranched alkanes of at least 4 members (excludes halogenated alkanes) is 19. The van der Waals surface area contributed by atoms with Crippen molar-refractivity contribution >= 4 is 39.5 Å². The molecule has 0 saturated heterocycles. The number of esters is 4. The van der Waals surface area contributed by atoms with Crippen LogP contribution in [0.2, 0.25) is 0 Å². The second kappa shape index (κ2) is 74.0. The van der Waals surface area contributed by atoms with Crippen molar-refractivity contribution in [2.45, 2.75) is 303 Å². The molecule has 0 aliphatic heterocycles. The molecule has 19 heteroatoms. The fourth-order valence-electron chi connectivity index (χ4n) is 9.66. The van der Waals surface area contributed by atoms with E-state index in [9.17, 15) is 43.2 Å². The highest BCUT2D eigenvalue weighted by atomic mass is 31.2. The van der Waals surface area contributed by atoms with Gasteiger partial charge in [-0.25, -0.2) is 9.13 Å². The van der Waals surface area contributed by atoms with Crippen LogP contribution in [0.1, 0.15) is 285 Å². The molecule has 0 saturated carbocycles. The van der Waals surface area contributed by atoms with Crippen molar-refractivity contribution in [3.8, 4) is 0 Å². The second-order valence-corrected chi connectivity index (χ2v) is 28.1. The number of phosphoric ester groups is 2. The maximum Gasteiger partial charge on any atom is 0.472 e. The smallest absolute Gasteiger partial charge is 0.462 e. The molecule has 5 unspecified atom stereocenters. The van der Waals surface area contributed by atoms with Crippen molar-refractivity contribution in [1.82, 2.24) is 0 Å². The number of hydrogen-bond donors (Lipinski definition) is 3. The molecule has 17 nitrogen and oxygen atoms in total.